The predicted octanol–water partition coefficient (Wildman–Crippen LogP) is 3.27. The van der Waals surface area contributed by atoms with Crippen LogP contribution in [0.5, 0.6) is 0 Å². The topological polar surface area (TPSA) is 15.8 Å². The van der Waals surface area contributed by atoms with Gasteiger partial charge in [0.05, 0.1) is 0 Å². The van der Waals surface area contributed by atoms with Crippen molar-refractivity contribution in [1.82, 2.24) is 4.98 Å². The zero-order valence-electron chi connectivity index (χ0n) is 7.91. The van der Waals surface area contributed by atoms with Gasteiger partial charge in [0.25, 0.3) is 0 Å². The van der Waals surface area contributed by atoms with E-state index in [0.29, 0.717) is 0 Å². The van der Waals surface area contributed by atoms with Gasteiger partial charge in [-0.2, -0.15) is 31.2 Å². The molecule has 1 rings (SSSR count). The van der Waals surface area contributed by atoms with Crippen molar-refractivity contribution in [3.8, 4) is 0 Å². The van der Waals surface area contributed by atoms with Crippen molar-refractivity contribution in [2.45, 2.75) is 26.7 Å². The average molecular weight is 253 g/mol. The first-order valence-electron chi connectivity index (χ1n) is 3.91. The zero-order valence-corrected chi connectivity index (χ0v) is 9.65. The van der Waals surface area contributed by atoms with E-state index in [9.17, 15) is 0 Å². The fourth-order valence-corrected chi connectivity index (χ4v) is 0.241. The fourth-order valence-electron chi connectivity index (χ4n) is 0.241. The van der Waals surface area contributed by atoms with E-state index in [1.165, 1.54) is 0 Å². The van der Waals surface area contributed by atoms with Crippen molar-refractivity contribution in [2.24, 2.45) is 0 Å². The molecule has 0 fully saturated rings. The second kappa shape index (κ2) is 22.4. The third-order valence-corrected chi connectivity index (χ3v) is 0.442. The molecule has 0 saturated carbocycles. The maximum Gasteiger partial charge on any atom is 3.00 e. The molecule has 0 unspecified atom stereocenters. The second-order valence-electron chi connectivity index (χ2n) is 1.81. The Kier molecular flexibility index (Phi) is 33.4. The van der Waals surface area contributed by atoms with E-state index in [0.717, 1.165) is 12.8 Å². The molecule has 71 valence electrons. The minimum Gasteiger partial charge on any atom is -0.484 e. The van der Waals surface area contributed by atoms with Gasteiger partial charge in [0.15, 0.2) is 0 Å². The van der Waals surface area contributed by atoms with Crippen molar-refractivity contribution in [3.05, 3.63) is 38.4 Å². The molecule has 1 radical (unpaired) electrons. The number of aromatic nitrogens is 1. The van der Waals surface area contributed by atoms with Crippen molar-refractivity contribution in [1.29, 1.82) is 0 Å². The van der Waals surface area contributed by atoms with Crippen molar-refractivity contribution >= 4 is 0 Å². The van der Waals surface area contributed by atoms with Crippen LogP contribution in [0.3, 0.4) is 0 Å². The van der Waals surface area contributed by atoms with E-state index in [1.807, 2.05) is 32.2 Å². The summed E-state index contributed by atoms with van der Waals surface area (Å²) in [5.41, 5.74) is 0. The van der Waals surface area contributed by atoms with Crippen LogP contribution in [-0.4, -0.2) is 4.98 Å². The van der Waals surface area contributed by atoms with Crippen LogP contribution in [0, 0.1) is 20.0 Å². The monoisotopic (exact) mass is 254 g/mol. The van der Waals surface area contributed by atoms with Crippen molar-refractivity contribution in [3.63, 3.8) is 0 Å². The van der Waals surface area contributed by atoms with Gasteiger partial charge < -0.3 is 18.8 Å². The van der Waals surface area contributed by atoms with Gasteiger partial charge in [0.2, 0.25) is 0 Å². The van der Waals surface area contributed by atoms with Gasteiger partial charge in [-0.25, -0.2) is 0 Å². The summed E-state index contributed by atoms with van der Waals surface area (Å²) < 4.78 is 0. The molecule has 0 aliphatic carbocycles. The third-order valence-electron chi connectivity index (χ3n) is 0.442. The Hall–Kier alpha value is -0.0966. The quantitative estimate of drug-likeness (QED) is 0.539. The molecule has 0 saturated heterocycles. The summed E-state index contributed by atoms with van der Waals surface area (Å²) in [6, 6.07) is 3.71. The maximum absolute atomic E-state index is 3.49. The molecule has 0 aliphatic rings. The molecule has 12 heavy (non-hydrogen) atoms. The predicted molar refractivity (Wildman–Crippen MR) is 50.9 cm³/mol. The molecule has 1 N–H and O–H groups in total. The standard InChI is InChI=1S/C4H4N.2C3H7.Ru/c1-2-4-5-3-1;2*1-3-2;/h1-3,5H;2*1,3H2,2H3;/q3*-1;+3. The van der Waals surface area contributed by atoms with Gasteiger partial charge in [0.1, 0.15) is 0 Å². The molecule has 0 aliphatic heterocycles. The van der Waals surface area contributed by atoms with Crippen LogP contribution in [0.25, 0.3) is 0 Å². The number of H-pyrrole nitrogens is 1. The van der Waals surface area contributed by atoms with Gasteiger partial charge >= 0.3 is 19.5 Å². The molecular formula is C10H18NRu. The average Bonchev–Trinajstić information content (AvgIpc) is 2.44. The molecular weight excluding hydrogens is 235 g/mol. The maximum atomic E-state index is 3.49. The fraction of sp³-hybridized carbons (Fsp3) is 0.400. The number of aromatic amines is 1. The van der Waals surface area contributed by atoms with E-state index in [2.05, 4.69) is 25.0 Å². The van der Waals surface area contributed by atoms with Gasteiger partial charge in [0, 0.05) is 0 Å². The van der Waals surface area contributed by atoms with Crippen LogP contribution in [0.4, 0.5) is 0 Å². The molecule has 0 spiro atoms. The Balaban J connectivity index is -0.000000104. The molecule has 1 aromatic heterocycles. The molecule has 1 aromatic rings. The normalized spacial score (nSPS) is 6.33. The van der Waals surface area contributed by atoms with E-state index in [-0.39, 0.29) is 19.5 Å². The molecule has 0 bridgehead atoms. The van der Waals surface area contributed by atoms with Gasteiger partial charge in [-0.1, -0.05) is 13.8 Å². The smallest absolute Gasteiger partial charge is 0.484 e. The molecule has 1 nitrogen and oxygen atoms in total. The summed E-state index contributed by atoms with van der Waals surface area (Å²) >= 11 is 0. The summed E-state index contributed by atoms with van der Waals surface area (Å²) in [7, 11) is 0. The molecule has 0 amide bonds. The minimum atomic E-state index is 0. The first-order chi connectivity index (χ1) is 5.33. The summed E-state index contributed by atoms with van der Waals surface area (Å²) in [5.74, 6) is 0. The van der Waals surface area contributed by atoms with E-state index >= 15 is 0 Å². The van der Waals surface area contributed by atoms with Crippen LogP contribution in [-0.2, 0) is 19.5 Å². The Labute approximate surface area is 89.7 Å². The number of hydrogen-bond acceptors (Lipinski definition) is 0. The molecule has 0 aromatic carbocycles. The zero-order chi connectivity index (χ0) is 8.95. The summed E-state index contributed by atoms with van der Waals surface area (Å²) in [6.45, 7) is 11.0. The third kappa shape index (κ3) is 32.7. The SMILES string of the molecule is [CH2-]CC.[CH2-]CC.[Ru+3].[c-]1ccc[nH]1. The largest absolute Gasteiger partial charge is 3.00 e. The molecule has 2 heteroatoms. The van der Waals surface area contributed by atoms with E-state index in [1.54, 1.807) is 0 Å². The van der Waals surface area contributed by atoms with Crippen LogP contribution >= 0.6 is 0 Å². The molecule has 1 heterocycles. The second-order valence-corrected chi connectivity index (χ2v) is 1.81. The summed E-state index contributed by atoms with van der Waals surface area (Å²) in [5, 5.41) is 0. The minimum absolute atomic E-state index is 0. The Bertz CT molecular complexity index is 85.4. The first kappa shape index (κ1) is 17.9. The Morgan fingerprint density at radius 3 is 1.75 bits per heavy atom. The summed E-state index contributed by atoms with van der Waals surface area (Å²) in [6.07, 6.45) is 6.56. The van der Waals surface area contributed by atoms with Crippen LogP contribution in [0.2, 0.25) is 0 Å². The van der Waals surface area contributed by atoms with E-state index in [4.69, 9.17) is 0 Å². The number of nitrogens with one attached hydrogen (secondary N) is 1. The number of rotatable bonds is 0. The van der Waals surface area contributed by atoms with Crippen LogP contribution < -0.4 is 0 Å². The Morgan fingerprint density at radius 2 is 1.67 bits per heavy atom. The van der Waals surface area contributed by atoms with Crippen LogP contribution in [0.1, 0.15) is 26.7 Å². The van der Waals surface area contributed by atoms with Crippen molar-refractivity contribution < 1.29 is 19.5 Å². The van der Waals surface area contributed by atoms with Crippen molar-refractivity contribution in [2.75, 3.05) is 0 Å². The summed E-state index contributed by atoms with van der Waals surface area (Å²) in [4.78, 5) is 2.74. The van der Waals surface area contributed by atoms with Crippen LogP contribution in [0.15, 0.2) is 18.3 Å². The van der Waals surface area contributed by atoms with Gasteiger partial charge in [-0.3, -0.25) is 0 Å². The van der Waals surface area contributed by atoms with Gasteiger partial charge in [-0.05, 0) is 0 Å². The van der Waals surface area contributed by atoms with E-state index < -0.39 is 0 Å². The number of hydrogen-bond donors (Lipinski definition) is 1. The van der Waals surface area contributed by atoms with Gasteiger partial charge in [-0.15, -0.1) is 6.20 Å². The molecule has 0 atom stereocenters. The first-order valence-corrected chi connectivity index (χ1v) is 3.91. The Morgan fingerprint density at radius 1 is 1.25 bits per heavy atom.